The Morgan fingerprint density at radius 1 is 1.42 bits per heavy atom. The lowest BCUT2D eigenvalue weighted by atomic mass is 10.00. The van der Waals surface area contributed by atoms with Crippen molar-refractivity contribution < 1.29 is 9.53 Å². The average Bonchev–Trinajstić information content (AvgIpc) is 3.09. The maximum absolute atomic E-state index is 11.5. The van der Waals surface area contributed by atoms with E-state index in [2.05, 4.69) is 34.8 Å². The molecule has 3 heterocycles. The maximum Gasteiger partial charge on any atom is 0.262 e. The van der Waals surface area contributed by atoms with Gasteiger partial charge in [-0.05, 0) is 24.1 Å². The molecule has 0 unspecified atom stereocenters. The molecule has 2 atom stereocenters. The van der Waals surface area contributed by atoms with Crippen molar-refractivity contribution in [2.75, 3.05) is 17.3 Å². The Kier molecular flexibility index (Phi) is 4.33. The normalized spacial score (nSPS) is 17.8. The molecule has 26 heavy (non-hydrogen) atoms. The zero-order valence-corrected chi connectivity index (χ0v) is 15.3. The van der Waals surface area contributed by atoms with E-state index in [1.54, 1.807) is 0 Å². The van der Waals surface area contributed by atoms with Gasteiger partial charge in [0, 0.05) is 11.0 Å². The number of anilines is 1. The lowest BCUT2D eigenvalue weighted by Gasteiger charge is -2.24. The lowest BCUT2D eigenvalue weighted by Crippen LogP contribution is -2.28. The molecule has 2 aliphatic rings. The summed E-state index contributed by atoms with van der Waals surface area (Å²) in [7, 11) is 0. The first-order chi connectivity index (χ1) is 12.6. The van der Waals surface area contributed by atoms with Crippen LogP contribution in [0.5, 0.6) is 5.75 Å². The van der Waals surface area contributed by atoms with E-state index >= 15 is 0 Å². The van der Waals surface area contributed by atoms with Gasteiger partial charge in [0.1, 0.15) is 5.75 Å². The van der Waals surface area contributed by atoms with Gasteiger partial charge in [-0.25, -0.2) is 4.68 Å². The van der Waals surface area contributed by atoms with Crippen LogP contribution in [0.25, 0.3) is 5.70 Å². The Labute approximate surface area is 155 Å². The minimum atomic E-state index is -0.204. The third kappa shape index (κ3) is 2.93. The molecule has 9 heteroatoms. The molecule has 0 radical (unpaired) electrons. The van der Waals surface area contributed by atoms with Gasteiger partial charge in [-0.2, -0.15) is 0 Å². The molecule has 136 valence electrons. The SMILES string of the molecule is CC[C@H](C)[C@H](N)c1nnc2n1NC(c1ccc3c(c1)NC(=O)CO3)=CS2. The number of ether oxygens (including phenoxy) is 1. The summed E-state index contributed by atoms with van der Waals surface area (Å²) in [4.78, 5) is 11.5. The Morgan fingerprint density at radius 2 is 2.27 bits per heavy atom. The van der Waals surface area contributed by atoms with E-state index < -0.39 is 0 Å². The van der Waals surface area contributed by atoms with E-state index in [0.717, 1.165) is 22.8 Å². The Balaban J connectivity index is 1.62. The summed E-state index contributed by atoms with van der Waals surface area (Å²) >= 11 is 1.48. The molecule has 0 fully saturated rings. The molecule has 2 aromatic rings. The monoisotopic (exact) mass is 372 g/mol. The zero-order valence-electron chi connectivity index (χ0n) is 14.5. The number of carbonyl (C=O) groups is 1. The van der Waals surface area contributed by atoms with E-state index in [0.29, 0.717) is 23.2 Å². The van der Waals surface area contributed by atoms with Gasteiger partial charge in [-0.15, -0.1) is 10.2 Å². The summed E-state index contributed by atoms with van der Waals surface area (Å²) in [6.45, 7) is 4.25. The summed E-state index contributed by atoms with van der Waals surface area (Å²) in [6, 6.07) is 5.48. The molecule has 0 spiro atoms. The van der Waals surface area contributed by atoms with E-state index in [-0.39, 0.29) is 18.6 Å². The number of benzene rings is 1. The number of hydrogen-bond donors (Lipinski definition) is 3. The highest BCUT2D eigenvalue weighted by molar-refractivity contribution is 8.02. The van der Waals surface area contributed by atoms with Crippen LogP contribution in [-0.4, -0.2) is 27.4 Å². The molecule has 8 nitrogen and oxygen atoms in total. The fraction of sp³-hybridized carbons (Fsp3) is 0.353. The van der Waals surface area contributed by atoms with Gasteiger partial charge in [0.25, 0.3) is 5.91 Å². The van der Waals surface area contributed by atoms with Crippen molar-refractivity contribution in [2.24, 2.45) is 11.7 Å². The highest BCUT2D eigenvalue weighted by Gasteiger charge is 2.25. The second-order valence-electron chi connectivity index (χ2n) is 6.40. The summed E-state index contributed by atoms with van der Waals surface area (Å²) < 4.78 is 7.25. The molecule has 0 bridgehead atoms. The summed E-state index contributed by atoms with van der Waals surface area (Å²) in [5.41, 5.74) is 12.2. The van der Waals surface area contributed by atoms with Crippen LogP contribution in [-0.2, 0) is 4.79 Å². The highest BCUT2D eigenvalue weighted by Crippen LogP contribution is 2.35. The van der Waals surface area contributed by atoms with E-state index in [4.69, 9.17) is 10.5 Å². The smallest absolute Gasteiger partial charge is 0.262 e. The largest absolute Gasteiger partial charge is 0.482 e. The van der Waals surface area contributed by atoms with Crippen LogP contribution in [0.1, 0.15) is 37.7 Å². The Morgan fingerprint density at radius 3 is 3.08 bits per heavy atom. The van der Waals surface area contributed by atoms with Crippen molar-refractivity contribution in [3.63, 3.8) is 0 Å². The molecule has 0 saturated carbocycles. The van der Waals surface area contributed by atoms with Gasteiger partial charge in [-0.3, -0.25) is 10.2 Å². The molecule has 4 rings (SSSR count). The van der Waals surface area contributed by atoms with Gasteiger partial charge in [0.2, 0.25) is 5.16 Å². The predicted molar refractivity (Wildman–Crippen MR) is 100 cm³/mol. The van der Waals surface area contributed by atoms with Crippen molar-refractivity contribution in [1.82, 2.24) is 14.9 Å². The predicted octanol–water partition coefficient (Wildman–Crippen LogP) is 2.30. The average molecular weight is 372 g/mol. The van der Waals surface area contributed by atoms with E-state index in [1.165, 1.54) is 11.8 Å². The number of thioether (sulfide) groups is 1. The molecule has 2 aliphatic heterocycles. The molecular weight excluding hydrogens is 352 g/mol. The summed E-state index contributed by atoms with van der Waals surface area (Å²) in [5.74, 6) is 1.52. The van der Waals surface area contributed by atoms with Gasteiger partial charge in [0.05, 0.1) is 17.4 Å². The van der Waals surface area contributed by atoms with Gasteiger partial charge >= 0.3 is 0 Å². The lowest BCUT2D eigenvalue weighted by molar-refractivity contribution is -0.118. The van der Waals surface area contributed by atoms with Crippen LogP contribution in [0.15, 0.2) is 28.8 Å². The van der Waals surface area contributed by atoms with E-state index in [9.17, 15) is 4.79 Å². The number of aromatic nitrogens is 3. The fourth-order valence-electron chi connectivity index (χ4n) is 2.83. The van der Waals surface area contributed by atoms with Crippen molar-refractivity contribution in [3.05, 3.63) is 35.0 Å². The topological polar surface area (TPSA) is 107 Å². The zero-order chi connectivity index (χ0) is 18.3. The van der Waals surface area contributed by atoms with Crippen LogP contribution >= 0.6 is 11.8 Å². The minimum Gasteiger partial charge on any atom is -0.482 e. The summed E-state index contributed by atoms with van der Waals surface area (Å²) in [5, 5.41) is 14.0. The van der Waals surface area contributed by atoms with E-state index in [1.807, 2.05) is 28.3 Å². The third-order valence-corrected chi connectivity index (χ3v) is 5.48. The Bertz CT molecular complexity index is 893. The first-order valence-corrected chi connectivity index (χ1v) is 9.36. The molecule has 1 aromatic carbocycles. The van der Waals surface area contributed by atoms with Crippen molar-refractivity contribution >= 4 is 29.1 Å². The number of carbonyl (C=O) groups excluding carboxylic acids is 1. The number of hydrogen-bond acceptors (Lipinski definition) is 7. The van der Waals surface area contributed by atoms with Gasteiger partial charge < -0.3 is 15.8 Å². The standard InChI is InChI=1S/C17H20N6O2S/c1-3-9(2)15(18)16-20-21-17-23(16)22-12(8-26-17)10-4-5-13-11(6-10)19-14(24)7-25-13/h4-6,8-9,15,22H,3,7,18H2,1-2H3,(H,19,24)/t9-,15-/m0/s1. The quantitative estimate of drug-likeness (QED) is 0.756. The number of nitrogens with one attached hydrogen (secondary N) is 2. The van der Waals surface area contributed by atoms with Crippen molar-refractivity contribution in [3.8, 4) is 5.75 Å². The molecule has 1 amide bonds. The second kappa shape index (κ2) is 6.65. The van der Waals surface area contributed by atoms with Crippen molar-refractivity contribution in [1.29, 1.82) is 0 Å². The maximum atomic E-state index is 11.5. The van der Waals surface area contributed by atoms with Crippen LogP contribution in [0.4, 0.5) is 5.69 Å². The third-order valence-electron chi connectivity index (χ3n) is 4.65. The number of amides is 1. The minimum absolute atomic E-state index is 0.0457. The van der Waals surface area contributed by atoms with Crippen molar-refractivity contribution in [2.45, 2.75) is 31.5 Å². The molecular formula is C17H20N6O2S. The molecule has 0 aliphatic carbocycles. The molecule has 1 aromatic heterocycles. The highest BCUT2D eigenvalue weighted by atomic mass is 32.2. The molecule has 4 N–H and O–H groups in total. The van der Waals surface area contributed by atoms with Gasteiger partial charge in [0.15, 0.2) is 12.4 Å². The number of fused-ring (bicyclic) bond motifs is 2. The Hall–Kier alpha value is -2.52. The first kappa shape index (κ1) is 16.9. The molecule has 0 saturated heterocycles. The number of nitrogens with two attached hydrogens (primary N) is 1. The number of nitrogens with zero attached hydrogens (tertiary/aromatic N) is 3. The van der Waals surface area contributed by atoms with Crippen LogP contribution in [0.3, 0.4) is 0 Å². The first-order valence-electron chi connectivity index (χ1n) is 8.48. The summed E-state index contributed by atoms with van der Waals surface area (Å²) in [6.07, 6.45) is 0.962. The fourth-order valence-corrected chi connectivity index (χ4v) is 3.57. The van der Waals surface area contributed by atoms with Gasteiger partial charge in [-0.1, -0.05) is 32.0 Å². The van der Waals surface area contributed by atoms with Crippen LogP contribution < -0.4 is 21.2 Å². The van der Waals surface area contributed by atoms with Crippen LogP contribution in [0, 0.1) is 5.92 Å². The van der Waals surface area contributed by atoms with Crippen LogP contribution in [0.2, 0.25) is 0 Å². The number of rotatable bonds is 4. The second-order valence-corrected chi connectivity index (χ2v) is 7.23.